The maximum absolute atomic E-state index is 14.0. The molecule has 0 aromatic heterocycles. The number of aromatic hydroxyl groups is 1. The SMILES string of the molecule is CN(C)[C@H](CNC(=O)[C@@H]1C[C@@]1(C)c1ccccc1)Cc1ccc(O)cc1F. The maximum Gasteiger partial charge on any atom is 0.224 e. The molecule has 0 unspecified atom stereocenters. The molecule has 5 heteroatoms. The number of carbonyl (C=O) groups is 1. The molecule has 144 valence electrons. The van der Waals surface area contributed by atoms with E-state index < -0.39 is 5.82 Å². The number of nitrogens with zero attached hydrogens (tertiary/aromatic N) is 1. The second kappa shape index (κ2) is 7.69. The van der Waals surface area contributed by atoms with Crippen LogP contribution in [0.1, 0.15) is 24.5 Å². The third-order valence-corrected chi connectivity index (χ3v) is 5.72. The predicted molar refractivity (Wildman–Crippen MR) is 104 cm³/mol. The van der Waals surface area contributed by atoms with Gasteiger partial charge in [0.15, 0.2) is 0 Å². The number of nitrogens with one attached hydrogen (secondary N) is 1. The number of benzene rings is 2. The van der Waals surface area contributed by atoms with Gasteiger partial charge in [-0.3, -0.25) is 4.79 Å². The molecule has 1 aliphatic rings. The van der Waals surface area contributed by atoms with Gasteiger partial charge in [0.1, 0.15) is 11.6 Å². The second-order valence-corrected chi connectivity index (χ2v) is 7.88. The summed E-state index contributed by atoms with van der Waals surface area (Å²) in [6, 6.07) is 14.3. The Bertz CT molecular complexity index is 809. The molecule has 1 amide bonds. The van der Waals surface area contributed by atoms with Gasteiger partial charge in [-0.2, -0.15) is 0 Å². The third kappa shape index (κ3) is 4.30. The Morgan fingerprint density at radius 3 is 2.63 bits per heavy atom. The summed E-state index contributed by atoms with van der Waals surface area (Å²) in [4.78, 5) is 14.6. The highest BCUT2D eigenvalue weighted by Crippen LogP contribution is 2.53. The second-order valence-electron chi connectivity index (χ2n) is 7.88. The first kappa shape index (κ1) is 19.4. The van der Waals surface area contributed by atoms with Crippen molar-refractivity contribution in [1.82, 2.24) is 10.2 Å². The Morgan fingerprint density at radius 1 is 1.30 bits per heavy atom. The van der Waals surface area contributed by atoms with Crippen molar-refractivity contribution >= 4 is 5.91 Å². The normalized spacial score (nSPS) is 22.5. The van der Waals surface area contributed by atoms with E-state index in [-0.39, 0.29) is 29.0 Å². The van der Waals surface area contributed by atoms with Gasteiger partial charge in [-0.25, -0.2) is 4.39 Å². The lowest BCUT2D eigenvalue weighted by Crippen LogP contribution is -2.42. The van der Waals surface area contributed by atoms with E-state index in [1.165, 1.54) is 11.6 Å². The molecule has 0 aliphatic heterocycles. The number of hydrogen-bond acceptors (Lipinski definition) is 3. The van der Waals surface area contributed by atoms with Crippen LogP contribution < -0.4 is 5.32 Å². The van der Waals surface area contributed by atoms with Crippen molar-refractivity contribution in [3.05, 3.63) is 65.5 Å². The van der Waals surface area contributed by atoms with Gasteiger partial charge < -0.3 is 15.3 Å². The van der Waals surface area contributed by atoms with Crippen LogP contribution >= 0.6 is 0 Å². The smallest absolute Gasteiger partial charge is 0.224 e. The fourth-order valence-electron chi connectivity index (χ4n) is 3.62. The first-order chi connectivity index (χ1) is 12.8. The summed E-state index contributed by atoms with van der Waals surface area (Å²) in [6.45, 7) is 2.58. The topological polar surface area (TPSA) is 52.6 Å². The van der Waals surface area contributed by atoms with Crippen molar-refractivity contribution in [3.63, 3.8) is 0 Å². The molecule has 0 heterocycles. The molecule has 0 radical (unpaired) electrons. The minimum atomic E-state index is -0.424. The summed E-state index contributed by atoms with van der Waals surface area (Å²) in [5.41, 5.74) is 1.63. The average Bonchev–Trinajstić information content (AvgIpc) is 3.34. The summed E-state index contributed by atoms with van der Waals surface area (Å²) in [6.07, 6.45) is 1.31. The predicted octanol–water partition coefficient (Wildman–Crippen LogP) is 3.10. The molecule has 27 heavy (non-hydrogen) atoms. The monoisotopic (exact) mass is 370 g/mol. The van der Waals surface area contributed by atoms with Gasteiger partial charge in [0, 0.05) is 30.0 Å². The Labute approximate surface area is 160 Å². The van der Waals surface area contributed by atoms with Crippen molar-refractivity contribution in [2.45, 2.75) is 31.2 Å². The third-order valence-electron chi connectivity index (χ3n) is 5.72. The van der Waals surface area contributed by atoms with Crippen molar-refractivity contribution < 1.29 is 14.3 Å². The van der Waals surface area contributed by atoms with Crippen molar-refractivity contribution in [1.29, 1.82) is 0 Å². The number of halogens is 1. The molecule has 0 saturated heterocycles. The highest BCUT2D eigenvalue weighted by Gasteiger charge is 2.55. The molecule has 2 aromatic rings. The van der Waals surface area contributed by atoms with E-state index in [0.717, 1.165) is 12.5 Å². The Balaban J connectivity index is 1.59. The van der Waals surface area contributed by atoms with E-state index in [4.69, 9.17) is 0 Å². The van der Waals surface area contributed by atoms with Gasteiger partial charge in [-0.1, -0.05) is 43.3 Å². The molecule has 4 nitrogen and oxygen atoms in total. The summed E-state index contributed by atoms with van der Waals surface area (Å²) < 4.78 is 14.0. The molecule has 0 spiro atoms. The van der Waals surface area contributed by atoms with Crippen molar-refractivity contribution in [2.24, 2.45) is 5.92 Å². The lowest BCUT2D eigenvalue weighted by molar-refractivity contribution is -0.122. The first-order valence-electron chi connectivity index (χ1n) is 9.28. The van der Waals surface area contributed by atoms with Crippen LogP contribution in [-0.4, -0.2) is 42.6 Å². The number of carbonyl (C=O) groups excluding carboxylic acids is 1. The van der Waals surface area contributed by atoms with Crippen molar-refractivity contribution in [2.75, 3.05) is 20.6 Å². The van der Waals surface area contributed by atoms with Gasteiger partial charge in [0.25, 0.3) is 0 Å². The van der Waals surface area contributed by atoms with E-state index in [9.17, 15) is 14.3 Å². The van der Waals surface area contributed by atoms with Gasteiger partial charge >= 0.3 is 0 Å². The molecule has 2 aromatic carbocycles. The molecule has 1 fully saturated rings. The van der Waals surface area contributed by atoms with Crippen LogP contribution in [0.2, 0.25) is 0 Å². The van der Waals surface area contributed by atoms with Crippen LogP contribution in [-0.2, 0) is 16.6 Å². The van der Waals surface area contributed by atoms with Crippen LogP contribution in [0, 0.1) is 11.7 Å². The highest BCUT2D eigenvalue weighted by atomic mass is 19.1. The fourth-order valence-corrected chi connectivity index (χ4v) is 3.62. The number of likely N-dealkylation sites (N-methyl/N-ethyl adjacent to an activating group) is 1. The number of amides is 1. The Kier molecular flexibility index (Phi) is 5.51. The molecular formula is C22H27FN2O2. The molecule has 1 saturated carbocycles. The Morgan fingerprint density at radius 2 is 2.00 bits per heavy atom. The van der Waals surface area contributed by atoms with E-state index in [2.05, 4.69) is 24.4 Å². The molecule has 3 rings (SSSR count). The summed E-state index contributed by atoms with van der Waals surface area (Å²) >= 11 is 0. The van der Waals surface area contributed by atoms with E-state index >= 15 is 0 Å². The van der Waals surface area contributed by atoms with Gasteiger partial charge in [-0.05, 0) is 44.1 Å². The van der Waals surface area contributed by atoms with E-state index in [0.29, 0.717) is 18.5 Å². The van der Waals surface area contributed by atoms with Crippen LogP contribution in [0.3, 0.4) is 0 Å². The molecule has 3 atom stereocenters. The minimum Gasteiger partial charge on any atom is -0.508 e. The zero-order valence-corrected chi connectivity index (χ0v) is 16.1. The maximum atomic E-state index is 14.0. The molecule has 0 bridgehead atoms. The van der Waals surface area contributed by atoms with Gasteiger partial charge in [-0.15, -0.1) is 0 Å². The van der Waals surface area contributed by atoms with Crippen LogP contribution in [0.25, 0.3) is 0 Å². The number of rotatable bonds is 7. The van der Waals surface area contributed by atoms with Gasteiger partial charge in [0.05, 0.1) is 0 Å². The molecule has 1 aliphatic carbocycles. The largest absolute Gasteiger partial charge is 0.508 e. The highest BCUT2D eigenvalue weighted by molar-refractivity contribution is 5.84. The number of hydrogen-bond donors (Lipinski definition) is 2. The first-order valence-corrected chi connectivity index (χ1v) is 9.28. The average molecular weight is 370 g/mol. The summed E-state index contributed by atoms with van der Waals surface area (Å²) in [5, 5.41) is 12.4. The van der Waals surface area contributed by atoms with Crippen LogP contribution in [0.15, 0.2) is 48.5 Å². The lowest BCUT2D eigenvalue weighted by atomic mass is 9.95. The van der Waals surface area contributed by atoms with E-state index in [1.54, 1.807) is 6.07 Å². The van der Waals surface area contributed by atoms with E-state index in [1.807, 2.05) is 37.2 Å². The minimum absolute atomic E-state index is 0.0203. The zero-order chi connectivity index (χ0) is 19.6. The number of phenolic OH excluding ortho intramolecular Hbond substituents is 1. The lowest BCUT2D eigenvalue weighted by Gasteiger charge is -2.25. The van der Waals surface area contributed by atoms with Gasteiger partial charge in [0.2, 0.25) is 5.91 Å². The van der Waals surface area contributed by atoms with Crippen molar-refractivity contribution in [3.8, 4) is 5.75 Å². The zero-order valence-electron chi connectivity index (χ0n) is 16.1. The van der Waals surface area contributed by atoms with Crippen LogP contribution in [0.4, 0.5) is 4.39 Å². The quantitative estimate of drug-likeness (QED) is 0.787. The summed E-state index contributed by atoms with van der Waals surface area (Å²) in [5.74, 6) is -0.473. The molecular weight excluding hydrogens is 343 g/mol. The van der Waals surface area contributed by atoms with Crippen LogP contribution in [0.5, 0.6) is 5.75 Å². The number of phenols is 1. The standard InChI is InChI=1S/C22H27FN2O2/c1-22(16-7-5-4-6-8-16)13-19(22)21(27)24-14-17(25(2)3)11-15-9-10-18(26)12-20(15)23/h4-10,12,17,19,26H,11,13-14H2,1-3H3,(H,24,27)/t17-,19-,22-/m0/s1. The summed E-state index contributed by atoms with van der Waals surface area (Å²) in [7, 11) is 3.83. The molecule has 2 N–H and O–H groups in total. The Hall–Kier alpha value is -2.40. The fraction of sp³-hybridized carbons (Fsp3) is 0.409.